The quantitative estimate of drug-likeness (QED) is 0.365. The van der Waals surface area contributed by atoms with Gasteiger partial charge in [0.15, 0.2) is 23.0 Å². The maximum atomic E-state index is 13.4. The Morgan fingerprint density at radius 1 is 1.13 bits per heavy atom. The smallest absolute Gasteiger partial charge is 0.329 e. The number of aryl methyl sites for hydroxylation is 1. The van der Waals surface area contributed by atoms with E-state index in [1.165, 1.54) is 32.7 Å². The molecule has 2 N–H and O–H groups in total. The summed E-state index contributed by atoms with van der Waals surface area (Å²) in [7, 11) is 3.48. The number of esters is 2. The number of aromatic hydroxyl groups is 1. The molecule has 0 aromatic heterocycles. The number of nitriles is 1. The van der Waals surface area contributed by atoms with Crippen molar-refractivity contribution in [3.8, 4) is 34.8 Å². The van der Waals surface area contributed by atoms with Gasteiger partial charge in [-0.3, -0.25) is 19.4 Å². The molecular weight excluding hydrogens is 628 g/mol. The number of hydrogen-bond donors (Lipinski definition) is 2. The van der Waals surface area contributed by atoms with Gasteiger partial charge >= 0.3 is 11.9 Å². The van der Waals surface area contributed by atoms with Crippen LogP contribution in [0.4, 0.5) is 0 Å². The molecule has 2 saturated heterocycles. The molecule has 248 valence electrons. The molecule has 2 fully saturated rings. The summed E-state index contributed by atoms with van der Waals surface area (Å²) in [6.45, 7) is 6.13. The molecule has 0 aliphatic carbocycles. The molecule has 7 atom stereocenters. The number of rotatable bonds is 3. The SMILES string of the molecule is COc1c(C)cc2c(c1O)[C@@H]1C3[C@@H]4SCC(NC(C)=O)C(=O)OC[C@@H](c5c6c(c(C)c(OC(C)=O)c54)OCO6)N3[C@@H](C#N)[C@H](C2)N1C. The molecule has 0 saturated carbocycles. The first kappa shape index (κ1) is 31.4. The molecule has 5 aliphatic rings. The Kier molecular flexibility index (Phi) is 7.69. The third kappa shape index (κ3) is 4.62. The number of nitrogens with one attached hydrogen (secondary N) is 1. The van der Waals surface area contributed by atoms with Crippen molar-refractivity contribution in [2.45, 2.75) is 75.6 Å². The van der Waals surface area contributed by atoms with Gasteiger partial charge in [-0.15, -0.1) is 11.8 Å². The van der Waals surface area contributed by atoms with Crippen LogP contribution >= 0.6 is 11.8 Å². The summed E-state index contributed by atoms with van der Waals surface area (Å²) in [5.41, 5.74) is 4.30. The number of cyclic esters (lactones) is 1. The zero-order chi connectivity index (χ0) is 33.5. The molecule has 14 heteroatoms. The summed E-state index contributed by atoms with van der Waals surface area (Å²) in [6, 6.07) is 1.02. The number of hydrogen-bond acceptors (Lipinski definition) is 13. The lowest BCUT2D eigenvalue weighted by Gasteiger charge is -2.61. The van der Waals surface area contributed by atoms with Crippen LogP contribution < -0.4 is 24.3 Å². The number of methoxy groups -OCH3 is 1. The van der Waals surface area contributed by atoms with Gasteiger partial charge in [0.05, 0.1) is 30.5 Å². The van der Waals surface area contributed by atoms with Crippen LogP contribution in [0.5, 0.6) is 28.7 Å². The fourth-order valence-electron chi connectivity index (χ4n) is 8.31. The topological polar surface area (TPSA) is 160 Å². The summed E-state index contributed by atoms with van der Waals surface area (Å²) in [4.78, 5) is 42.5. The lowest BCUT2D eigenvalue weighted by atomic mass is 9.71. The molecule has 4 bridgehead atoms. The van der Waals surface area contributed by atoms with Crippen molar-refractivity contribution in [1.82, 2.24) is 15.1 Å². The fourth-order valence-corrected chi connectivity index (χ4v) is 9.82. The van der Waals surface area contributed by atoms with Crippen LogP contribution in [0.1, 0.15) is 64.6 Å². The second-order valence-electron chi connectivity index (χ2n) is 12.6. The molecule has 2 unspecified atom stereocenters. The number of phenolic OH excluding ortho intramolecular Hbond substituents is 1. The number of piperazine rings is 1. The Labute approximate surface area is 276 Å². The van der Waals surface area contributed by atoms with Gasteiger partial charge in [0.2, 0.25) is 12.7 Å². The lowest BCUT2D eigenvalue weighted by molar-refractivity contribution is -0.152. The molecule has 47 heavy (non-hydrogen) atoms. The number of phenols is 1. The van der Waals surface area contributed by atoms with Crippen LogP contribution in [-0.4, -0.2) is 90.2 Å². The molecule has 0 spiro atoms. The van der Waals surface area contributed by atoms with Crippen LogP contribution in [-0.2, 0) is 25.5 Å². The number of benzene rings is 2. The van der Waals surface area contributed by atoms with E-state index in [2.05, 4.69) is 21.2 Å². The minimum absolute atomic E-state index is 0.0379. The number of thioether (sulfide) groups is 1. The van der Waals surface area contributed by atoms with Gasteiger partial charge in [0.1, 0.15) is 24.4 Å². The van der Waals surface area contributed by atoms with Crippen molar-refractivity contribution < 1.29 is 43.2 Å². The second kappa shape index (κ2) is 11.5. The van der Waals surface area contributed by atoms with Gasteiger partial charge in [0.25, 0.3) is 0 Å². The van der Waals surface area contributed by atoms with E-state index in [-0.39, 0.29) is 36.9 Å². The maximum absolute atomic E-state index is 13.4. The van der Waals surface area contributed by atoms with Gasteiger partial charge in [0, 0.05) is 53.9 Å². The summed E-state index contributed by atoms with van der Waals surface area (Å²) >= 11 is 1.39. The Hall–Kier alpha value is -4.19. The minimum atomic E-state index is -0.948. The van der Waals surface area contributed by atoms with Crippen molar-refractivity contribution >= 4 is 29.6 Å². The third-order valence-electron chi connectivity index (χ3n) is 10.0. The maximum Gasteiger partial charge on any atom is 0.329 e. The molecule has 13 nitrogen and oxygen atoms in total. The summed E-state index contributed by atoms with van der Waals surface area (Å²) in [5.74, 6) is 0.248. The minimum Gasteiger partial charge on any atom is -0.504 e. The summed E-state index contributed by atoms with van der Waals surface area (Å²) < 4.78 is 29.6. The van der Waals surface area contributed by atoms with Crippen LogP contribution in [0, 0.1) is 25.2 Å². The monoisotopic (exact) mass is 664 g/mol. The molecule has 7 rings (SSSR count). The number of carbonyl (C=O) groups excluding carboxylic acids is 3. The zero-order valence-electron chi connectivity index (χ0n) is 26.9. The number of fused-ring (bicyclic) bond motifs is 9. The predicted octanol–water partition coefficient (Wildman–Crippen LogP) is 2.74. The van der Waals surface area contributed by atoms with E-state index >= 15 is 0 Å². The highest BCUT2D eigenvalue weighted by molar-refractivity contribution is 7.99. The lowest BCUT2D eigenvalue weighted by Crippen LogP contribution is -2.69. The number of nitrogens with zero attached hydrogens (tertiary/aromatic N) is 3. The van der Waals surface area contributed by atoms with E-state index in [9.17, 15) is 24.8 Å². The van der Waals surface area contributed by atoms with Gasteiger partial charge < -0.3 is 34.1 Å². The molecule has 5 aliphatic heterocycles. The second-order valence-corrected chi connectivity index (χ2v) is 13.8. The standard InChI is InChI=1S/C33H36N4O9S/c1-13-7-17-8-19-20(9-34)37-21-10-43-33(41)18(35-15(3)38)11-47-32(26(37)25(36(19)5)22(17)27(40)28(13)42-6)24-23(21)31-30(44-12-45-31)14(2)29(24)46-16(4)39/h7,18-21,25-26,32,40H,8,10-12H2,1-6H3,(H,35,38)/t18?,19-,20-,21-,25+,26?,32+/m0/s1. The Bertz CT molecular complexity index is 1760. The molecule has 1 amide bonds. The van der Waals surface area contributed by atoms with E-state index in [1.807, 2.05) is 20.0 Å². The van der Waals surface area contributed by atoms with Crippen LogP contribution in [0.15, 0.2) is 6.07 Å². The average molecular weight is 665 g/mol. The summed E-state index contributed by atoms with van der Waals surface area (Å²) in [6.07, 6.45) is 0.494. The number of likely N-dealkylation sites (N-methyl/N-ethyl adjacent to an activating group) is 1. The highest BCUT2D eigenvalue weighted by Crippen LogP contribution is 2.64. The van der Waals surface area contributed by atoms with Crippen LogP contribution in [0.2, 0.25) is 0 Å². The molecule has 5 heterocycles. The first-order valence-electron chi connectivity index (χ1n) is 15.5. The Morgan fingerprint density at radius 3 is 2.55 bits per heavy atom. The third-order valence-corrected chi connectivity index (χ3v) is 11.4. The van der Waals surface area contributed by atoms with Crippen molar-refractivity contribution in [3.63, 3.8) is 0 Å². The largest absolute Gasteiger partial charge is 0.504 e. The number of carbonyl (C=O) groups is 3. The first-order chi connectivity index (χ1) is 22.5. The molecular formula is C33H36N4O9S. The molecule has 0 radical (unpaired) electrons. The number of ether oxygens (including phenoxy) is 5. The predicted molar refractivity (Wildman–Crippen MR) is 168 cm³/mol. The Balaban J connectivity index is 1.54. The average Bonchev–Trinajstić information content (AvgIpc) is 3.50. The van der Waals surface area contributed by atoms with Crippen molar-refractivity contribution in [2.75, 3.05) is 33.3 Å². The van der Waals surface area contributed by atoms with Gasteiger partial charge in [-0.1, -0.05) is 6.07 Å². The van der Waals surface area contributed by atoms with E-state index in [1.54, 1.807) is 6.92 Å². The summed E-state index contributed by atoms with van der Waals surface area (Å²) in [5, 5.41) is 24.9. The van der Waals surface area contributed by atoms with Gasteiger partial charge in [-0.05, 0) is 38.4 Å². The van der Waals surface area contributed by atoms with E-state index in [4.69, 9.17) is 23.7 Å². The van der Waals surface area contributed by atoms with E-state index in [0.29, 0.717) is 51.7 Å². The van der Waals surface area contributed by atoms with E-state index < -0.39 is 47.4 Å². The highest BCUT2D eigenvalue weighted by atomic mass is 32.2. The molecule has 2 aromatic carbocycles. The molecule has 2 aromatic rings. The zero-order valence-corrected chi connectivity index (χ0v) is 27.7. The van der Waals surface area contributed by atoms with Crippen LogP contribution in [0.25, 0.3) is 0 Å². The fraction of sp³-hybridized carbons (Fsp3) is 0.515. The van der Waals surface area contributed by atoms with Crippen molar-refractivity contribution in [1.29, 1.82) is 5.26 Å². The van der Waals surface area contributed by atoms with Crippen molar-refractivity contribution in [3.05, 3.63) is 39.4 Å². The highest BCUT2D eigenvalue weighted by Gasteiger charge is 2.60. The van der Waals surface area contributed by atoms with E-state index in [0.717, 1.165) is 11.1 Å². The Morgan fingerprint density at radius 2 is 1.87 bits per heavy atom. The van der Waals surface area contributed by atoms with Crippen LogP contribution in [0.3, 0.4) is 0 Å². The number of amides is 1. The normalized spacial score (nSPS) is 29.0. The van der Waals surface area contributed by atoms with Gasteiger partial charge in [-0.2, -0.15) is 5.26 Å². The first-order valence-corrected chi connectivity index (χ1v) is 16.5. The van der Waals surface area contributed by atoms with Gasteiger partial charge in [-0.25, -0.2) is 4.79 Å². The van der Waals surface area contributed by atoms with Crippen molar-refractivity contribution in [2.24, 2.45) is 0 Å².